The van der Waals surface area contributed by atoms with Crippen LogP contribution in [0.2, 0.25) is 0 Å². The first-order valence-corrected chi connectivity index (χ1v) is 6.56. The zero-order valence-corrected chi connectivity index (χ0v) is 11.7. The number of pyridine rings is 1. The molecule has 0 bridgehead atoms. The van der Waals surface area contributed by atoms with Crippen LogP contribution in [0.4, 0.5) is 0 Å². The van der Waals surface area contributed by atoms with Gasteiger partial charge < -0.3 is 10.1 Å². The molecular weight excluding hydrogens is 278 g/mol. The van der Waals surface area contributed by atoms with Gasteiger partial charge in [0.05, 0.1) is 24.4 Å². The Hall–Kier alpha value is -3.31. The van der Waals surface area contributed by atoms with E-state index in [-0.39, 0.29) is 19.1 Å². The van der Waals surface area contributed by atoms with E-state index in [9.17, 15) is 4.79 Å². The summed E-state index contributed by atoms with van der Waals surface area (Å²) in [6.45, 7) is 0.442. The minimum Gasteiger partial charge on any atom is -0.479 e. The van der Waals surface area contributed by atoms with Gasteiger partial charge in [0, 0.05) is 11.8 Å². The molecule has 0 saturated carbocycles. The molecule has 0 atom stereocenters. The third kappa shape index (κ3) is 4.66. The number of hydrogen-bond donors (Lipinski definition) is 1. The predicted molar refractivity (Wildman–Crippen MR) is 81.0 cm³/mol. The zero-order valence-electron chi connectivity index (χ0n) is 11.7. The van der Waals surface area contributed by atoms with Crippen molar-refractivity contribution in [1.29, 1.82) is 5.26 Å². The molecule has 22 heavy (non-hydrogen) atoms. The molecule has 1 amide bonds. The summed E-state index contributed by atoms with van der Waals surface area (Å²) < 4.78 is 5.34. The van der Waals surface area contributed by atoms with Crippen molar-refractivity contribution >= 4 is 5.91 Å². The van der Waals surface area contributed by atoms with Crippen LogP contribution in [0.1, 0.15) is 15.9 Å². The SMILES string of the molecule is N#Cc1cccc(C(=O)NCC#CCOc2cccnc2)c1. The monoisotopic (exact) mass is 291 g/mol. The van der Waals surface area contributed by atoms with Crippen molar-refractivity contribution in [2.24, 2.45) is 0 Å². The summed E-state index contributed by atoms with van der Waals surface area (Å²) in [5.74, 6) is 5.97. The second-order valence-electron chi connectivity index (χ2n) is 4.21. The maximum Gasteiger partial charge on any atom is 0.252 e. The largest absolute Gasteiger partial charge is 0.479 e. The minimum atomic E-state index is -0.264. The lowest BCUT2D eigenvalue weighted by Gasteiger charge is -2.01. The topological polar surface area (TPSA) is 75.0 Å². The minimum absolute atomic E-state index is 0.214. The second-order valence-corrected chi connectivity index (χ2v) is 4.21. The highest BCUT2D eigenvalue weighted by atomic mass is 16.5. The summed E-state index contributed by atoms with van der Waals surface area (Å²) in [5, 5.41) is 11.4. The third-order valence-electron chi connectivity index (χ3n) is 2.66. The van der Waals surface area contributed by atoms with Crippen LogP contribution in [0, 0.1) is 23.2 Å². The van der Waals surface area contributed by atoms with E-state index in [1.54, 1.807) is 42.7 Å². The van der Waals surface area contributed by atoms with Gasteiger partial charge >= 0.3 is 0 Å². The van der Waals surface area contributed by atoms with E-state index in [0.717, 1.165) is 0 Å². The van der Waals surface area contributed by atoms with Gasteiger partial charge in [0.15, 0.2) is 0 Å². The molecule has 0 unspecified atom stereocenters. The molecule has 1 aromatic carbocycles. The van der Waals surface area contributed by atoms with Crippen molar-refractivity contribution in [3.8, 4) is 23.7 Å². The molecule has 2 rings (SSSR count). The van der Waals surface area contributed by atoms with Gasteiger partial charge in [-0.2, -0.15) is 5.26 Å². The van der Waals surface area contributed by atoms with Crippen LogP contribution < -0.4 is 10.1 Å². The molecule has 1 aromatic heterocycles. The lowest BCUT2D eigenvalue weighted by Crippen LogP contribution is -2.23. The van der Waals surface area contributed by atoms with Crippen LogP contribution in [-0.4, -0.2) is 24.0 Å². The number of nitrogens with one attached hydrogen (secondary N) is 1. The molecule has 5 nitrogen and oxygen atoms in total. The molecule has 108 valence electrons. The molecule has 0 aliphatic carbocycles. The molecule has 0 aliphatic heterocycles. The quantitative estimate of drug-likeness (QED) is 0.871. The summed E-state index contributed by atoms with van der Waals surface area (Å²) in [6, 6.07) is 12.1. The number of nitriles is 1. The Bertz CT molecular complexity index is 740. The van der Waals surface area contributed by atoms with Gasteiger partial charge in [-0.05, 0) is 30.3 Å². The van der Waals surface area contributed by atoms with Crippen LogP contribution >= 0.6 is 0 Å². The fourth-order valence-corrected chi connectivity index (χ4v) is 1.62. The smallest absolute Gasteiger partial charge is 0.252 e. The number of carbonyl (C=O) groups is 1. The van der Waals surface area contributed by atoms with E-state index in [0.29, 0.717) is 16.9 Å². The average Bonchev–Trinajstić information content (AvgIpc) is 2.58. The van der Waals surface area contributed by atoms with E-state index in [2.05, 4.69) is 22.1 Å². The Labute approximate surface area is 128 Å². The highest BCUT2D eigenvalue weighted by Crippen LogP contribution is 2.05. The second kappa shape index (κ2) is 8.08. The van der Waals surface area contributed by atoms with Crippen molar-refractivity contribution in [2.75, 3.05) is 13.2 Å². The molecule has 0 fully saturated rings. The number of hydrogen-bond acceptors (Lipinski definition) is 4. The molecule has 0 radical (unpaired) electrons. The summed E-state index contributed by atoms with van der Waals surface area (Å²) >= 11 is 0. The normalized spacial score (nSPS) is 9.05. The predicted octanol–water partition coefficient (Wildman–Crippen LogP) is 1.77. The number of aromatic nitrogens is 1. The first kappa shape index (κ1) is 15.1. The lowest BCUT2D eigenvalue weighted by atomic mass is 10.1. The first-order valence-electron chi connectivity index (χ1n) is 6.56. The first-order chi connectivity index (χ1) is 10.8. The fraction of sp³-hybridized carbons (Fsp3) is 0.118. The lowest BCUT2D eigenvalue weighted by molar-refractivity contribution is 0.0958. The number of benzene rings is 1. The highest BCUT2D eigenvalue weighted by molar-refractivity contribution is 5.94. The van der Waals surface area contributed by atoms with E-state index in [1.165, 1.54) is 6.07 Å². The molecule has 1 heterocycles. The maximum absolute atomic E-state index is 11.8. The van der Waals surface area contributed by atoms with Crippen LogP contribution in [0.5, 0.6) is 5.75 Å². The Kier molecular flexibility index (Phi) is 5.54. The van der Waals surface area contributed by atoms with Crippen molar-refractivity contribution in [1.82, 2.24) is 10.3 Å². The van der Waals surface area contributed by atoms with Crippen LogP contribution in [0.3, 0.4) is 0 Å². The Morgan fingerprint density at radius 1 is 1.27 bits per heavy atom. The van der Waals surface area contributed by atoms with E-state index in [1.807, 2.05) is 6.07 Å². The van der Waals surface area contributed by atoms with Gasteiger partial charge in [-0.25, -0.2) is 0 Å². The number of ether oxygens (including phenoxy) is 1. The highest BCUT2D eigenvalue weighted by Gasteiger charge is 2.04. The summed E-state index contributed by atoms with van der Waals surface area (Å²) in [4.78, 5) is 15.8. The molecule has 1 N–H and O–H groups in total. The Morgan fingerprint density at radius 2 is 2.18 bits per heavy atom. The third-order valence-corrected chi connectivity index (χ3v) is 2.66. The standard InChI is InChI=1S/C17H13N3O2/c18-12-14-5-3-6-15(11-14)17(21)20-9-1-2-10-22-16-7-4-8-19-13-16/h3-8,11,13H,9-10H2,(H,20,21). The van der Waals surface area contributed by atoms with Crippen molar-refractivity contribution < 1.29 is 9.53 Å². The van der Waals surface area contributed by atoms with E-state index < -0.39 is 0 Å². The Balaban J connectivity index is 1.75. The van der Waals surface area contributed by atoms with Gasteiger partial charge in [0.1, 0.15) is 12.4 Å². The van der Waals surface area contributed by atoms with Crippen molar-refractivity contribution in [3.63, 3.8) is 0 Å². The number of amides is 1. The van der Waals surface area contributed by atoms with E-state index >= 15 is 0 Å². The number of rotatable bonds is 4. The fourth-order valence-electron chi connectivity index (χ4n) is 1.62. The van der Waals surface area contributed by atoms with Gasteiger partial charge in [-0.1, -0.05) is 17.9 Å². The zero-order chi connectivity index (χ0) is 15.6. The maximum atomic E-state index is 11.8. The van der Waals surface area contributed by atoms with Crippen LogP contribution in [0.15, 0.2) is 48.8 Å². The number of nitrogens with zero attached hydrogens (tertiary/aromatic N) is 2. The Morgan fingerprint density at radius 3 is 2.95 bits per heavy atom. The van der Waals surface area contributed by atoms with Crippen LogP contribution in [0.25, 0.3) is 0 Å². The molecule has 0 aliphatic rings. The molecule has 0 saturated heterocycles. The summed E-state index contributed by atoms with van der Waals surface area (Å²) in [7, 11) is 0. The summed E-state index contributed by atoms with van der Waals surface area (Å²) in [5.41, 5.74) is 0.885. The van der Waals surface area contributed by atoms with Gasteiger partial charge in [-0.15, -0.1) is 0 Å². The molecular formula is C17H13N3O2. The van der Waals surface area contributed by atoms with Crippen LogP contribution in [-0.2, 0) is 0 Å². The van der Waals surface area contributed by atoms with Crippen molar-refractivity contribution in [3.05, 3.63) is 59.9 Å². The van der Waals surface area contributed by atoms with Gasteiger partial charge in [0.25, 0.3) is 5.91 Å². The number of carbonyl (C=O) groups excluding carboxylic acids is 1. The molecule has 2 aromatic rings. The molecule has 5 heteroatoms. The average molecular weight is 291 g/mol. The summed E-state index contributed by atoms with van der Waals surface area (Å²) in [6.07, 6.45) is 3.26. The van der Waals surface area contributed by atoms with E-state index in [4.69, 9.17) is 10.00 Å². The van der Waals surface area contributed by atoms with Crippen molar-refractivity contribution in [2.45, 2.75) is 0 Å². The van der Waals surface area contributed by atoms with Gasteiger partial charge in [0.2, 0.25) is 0 Å². The van der Waals surface area contributed by atoms with Gasteiger partial charge in [-0.3, -0.25) is 9.78 Å². The molecule has 0 spiro atoms.